The van der Waals surface area contributed by atoms with Gasteiger partial charge in [0.1, 0.15) is 10.8 Å². The number of aryl methyl sites for hydroxylation is 1. The fraction of sp³-hybridized carbons (Fsp3) is 0.286. The van der Waals surface area contributed by atoms with E-state index in [4.69, 9.17) is 14.2 Å². The largest absolute Gasteiger partial charge is 0.497 e. The van der Waals surface area contributed by atoms with Gasteiger partial charge in [0.2, 0.25) is 0 Å². The van der Waals surface area contributed by atoms with Crippen molar-refractivity contribution in [3.8, 4) is 5.75 Å². The van der Waals surface area contributed by atoms with E-state index < -0.39 is 24.5 Å². The summed E-state index contributed by atoms with van der Waals surface area (Å²) >= 11 is 1.27. The molecule has 7 nitrogen and oxygen atoms in total. The summed E-state index contributed by atoms with van der Waals surface area (Å²) in [5.41, 5.74) is 1.84. The number of methoxy groups -OCH3 is 1. The van der Waals surface area contributed by atoms with Crippen molar-refractivity contribution in [2.24, 2.45) is 0 Å². The van der Waals surface area contributed by atoms with Crippen LogP contribution < -0.4 is 10.1 Å². The molecule has 8 heteroatoms. The van der Waals surface area contributed by atoms with Crippen LogP contribution in [0, 0.1) is 13.8 Å². The lowest BCUT2D eigenvalue weighted by Crippen LogP contribution is -2.21. The molecule has 0 aliphatic heterocycles. The lowest BCUT2D eigenvalue weighted by atomic mass is 10.1. The van der Waals surface area contributed by atoms with Gasteiger partial charge in [-0.2, -0.15) is 0 Å². The van der Waals surface area contributed by atoms with Gasteiger partial charge in [-0.25, -0.2) is 9.59 Å². The number of nitrogens with one attached hydrogen (secondary N) is 1. The van der Waals surface area contributed by atoms with Gasteiger partial charge in [0.05, 0.1) is 19.3 Å². The van der Waals surface area contributed by atoms with Crippen molar-refractivity contribution in [2.45, 2.75) is 20.8 Å². The average molecular weight is 417 g/mol. The molecule has 0 aliphatic rings. The first-order valence-corrected chi connectivity index (χ1v) is 9.73. The molecule has 0 spiro atoms. The van der Waals surface area contributed by atoms with Crippen LogP contribution in [0.25, 0.3) is 6.08 Å². The number of amides is 1. The molecule has 1 aromatic heterocycles. The quantitative estimate of drug-likeness (QED) is 0.520. The van der Waals surface area contributed by atoms with Crippen LogP contribution in [0.5, 0.6) is 5.75 Å². The van der Waals surface area contributed by atoms with Gasteiger partial charge in [-0.1, -0.05) is 12.1 Å². The van der Waals surface area contributed by atoms with Crippen molar-refractivity contribution < 1.29 is 28.6 Å². The van der Waals surface area contributed by atoms with Crippen molar-refractivity contribution in [1.29, 1.82) is 0 Å². The number of benzene rings is 1. The Bertz CT molecular complexity index is 931. The molecule has 1 heterocycles. The topological polar surface area (TPSA) is 90.9 Å². The van der Waals surface area contributed by atoms with Crippen LogP contribution in [0.2, 0.25) is 0 Å². The molecule has 2 rings (SSSR count). The summed E-state index contributed by atoms with van der Waals surface area (Å²) in [4.78, 5) is 37.0. The maximum atomic E-state index is 12.2. The summed E-state index contributed by atoms with van der Waals surface area (Å²) in [6, 6.07) is 7.15. The highest BCUT2D eigenvalue weighted by Gasteiger charge is 2.22. The molecular weight excluding hydrogens is 394 g/mol. The first-order chi connectivity index (χ1) is 13.8. The monoisotopic (exact) mass is 417 g/mol. The number of rotatable bonds is 8. The fourth-order valence-electron chi connectivity index (χ4n) is 2.42. The molecule has 0 bridgehead atoms. The molecule has 1 amide bonds. The van der Waals surface area contributed by atoms with Crippen LogP contribution in [0.1, 0.15) is 33.3 Å². The number of anilines is 1. The Labute approximate surface area is 173 Å². The molecule has 0 unspecified atom stereocenters. The number of hydrogen-bond acceptors (Lipinski definition) is 7. The van der Waals surface area contributed by atoms with E-state index in [9.17, 15) is 14.4 Å². The van der Waals surface area contributed by atoms with Gasteiger partial charge in [-0.15, -0.1) is 11.3 Å². The minimum atomic E-state index is -0.660. The zero-order valence-corrected chi connectivity index (χ0v) is 17.6. The van der Waals surface area contributed by atoms with Crippen molar-refractivity contribution >= 4 is 40.3 Å². The Hall–Kier alpha value is -3.13. The van der Waals surface area contributed by atoms with Crippen molar-refractivity contribution in [2.75, 3.05) is 25.6 Å². The van der Waals surface area contributed by atoms with Crippen molar-refractivity contribution in [1.82, 2.24) is 0 Å². The zero-order chi connectivity index (χ0) is 21.4. The molecule has 1 N–H and O–H groups in total. The van der Waals surface area contributed by atoms with E-state index in [2.05, 4.69) is 5.32 Å². The molecule has 0 radical (unpaired) electrons. The number of esters is 2. The highest BCUT2D eigenvalue weighted by molar-refractivity contribution is 7.16. The predicted molar refractivity (Wildman–Crippen MR) is 111 cm³/mol. The second kappa shape index (κ2) is 10.4. The van der Waals surface area contributed by atoms with Gasteiger partial charge in [0.15, 0.2) is 6.61 Å². The molecule has 0 saturated heterocycles. The Morgan fingerprint density at radius 3 is 2.62 bits per heavy atom. The van der Waals surface area contributed by atoms with E-state index in [0.29, 0.717) is 16.3 Å². The van der Waals surface area contributed by atoms with Crippen LogP contribution in [0.15, 0.2) is 30.3 Å². The lowest BCUT2D eigenvalue weighted by molar-refractivity contribution is -0.142. The maximum absolute atomic E-state index is 12.2. The van der Waals surface area contributed by atoms with Gasteiger partial charge in [0.25, 0.3) is 5.91 Å². The second-order valence-electron chi connectivity index (χ2n) is 5.97. The molecular formula is C21H23NO6S. The summed E-state index contributed by atoms with van der Waals surface area (Å²) in [6.45, 7) is 5.11. The van der Waals surface area contributed by atoms with E-state index in [-0.39, 0.29) is 6.61 Å². The average Bonchev–Trinajstić information content (AvgIpc) is 2.98. The summed E-state index contributed by atoms with van der Waals surface area (Å²) in [6.07, 6.45) is 2.79. The van der Waals surface area contributed by atoms with Crippen LogP contribution >= 0.6 is 11.3 Å². The van der Waals surface area contributed by atoms with Gasteiger partial charge < -0.3 is 19.5 Å². The fourth-order valence-corrected chi connectivity index (χ4v) is 3.49. The van der Waals surface area contributed by atoms with E-state index >= 15 is 0 Å². The predicted octanol–water partition coefficient (Wildman–Crippen LogP) is 3.75. The highest BCUT2D eigenvalue weighted by Crippen LogP contribution is 2.33. The van der Waals surface area contributed by atoms with Gasteiger partial charge in [0, 0.05) is 11.0 Å². The van der Waals surface area contributed by atoms with E-state index in [1.165, 1.54) is 17.4 Å². The minimum absolute atomic E-state index is 0.234. The van der Waals surface area contributed by atoms with Gasteiger partial charge in [-0.05, 0) is 50.1 Å². The number of ether oxygens (including phenoxy) is 3. The molecule has 29 heavy (non-hydrogen) atoms. The summed E-state index contributed by atoms with van der Waals surface area (Å²) in [5.74, 6) is -1.03. The van der Waals surface area contributed by atoms with Gasteiger partial charge in [-0.3, -0.25) is 4.79 Å². The molecule has 2 aromatic rings. The van der Waals surface area contributed by atoms with E-state index in [0.717, 1.165) is 16.0 Å². The van der Waals surface area contributed by atoms with Crippen LogP contribution in [-0.2, 0) is 19.1 Å². The number of carbonyl (C=O) groups is 3. The molecule has 0 atom stereocenters. The Morgan fingerprint density at radius 1 is 1.17 bits per heavy atom. The van der Waals surface area contributed by atoms with E-state index in [1.807, 2.05) is 6.92 Å². The molecule has 1 aromatic carbocycles. The number of thiophene rings is 1. The molecule has 0 aliphatic carbocycles. The maximum Gasteiger partial charge on any atom is 0.341 e. The number of hydrogen-bond donors (Lipinski definition) is 1. The SMILES string of the molecule is CCOC(=O)c1c(NC(=O)COC(=O)/C=C/c2cccc(OC)c2)sc(C)c1C. The van der Waals surface area contributed by atoms with E-state index in [1.54, 1.807) is 51.3 Å². The highest BCUT2D eigenvalue weighted by atomic mass is 32.1. The standard InChI is InChI=1S/C21H23NO6S/c1-5-27-21(25)19-13(2)14(3)29-20(19)22-17(23)12-28-18(24)10-9-15-7-6-8-16(11-15)26-4/h6-11H,5,12H2,1-4H3,(H,22,23)/b10-9+. The third kappa shape index (κ3) is 6.18. The molecule has 0 fully saturated rings. The van der Waals surface area contributed by atoms with Gasteiger partial charge >= 0.3 is 11.9 Å². The zero-order valence-electron chi connectivity index (χ0n) is 16.7. The second-order valence-corrected chi connectivity index (χ2v) is 7.20. The first kappa shape index (κ1) is 22.2. The Balaban J connectivity index is 1.94. The summed E-state index contributed by atoms with van der Waals surface area (Å²) in [5, 5.41) is 3.00. The van der Waals surface area contributed by atoms with Crippen LogP contribution in [0.3, 0.4) is 0 Å². The normalized spacial score (nSPS) is 10.6. The minimum Gasteiger partial charge on any atom is -0.497 e. The smallest absolute Gasteiger partial charge is 0.341 e. The summed E-state index contributed by atoms with van der Waals surface area (Å²) in [7, 11) is 1.56. The first-order valence-electron chi connectivity index (χ1n) is 8.91. The van der Waals surface area contributed by atoms with Crippen LogP contribution in [0.4, 0.5) is 5.00 Å². The third-order valence-corrected chi connectivity index (χ3v) is 5.09. The third-order valence-electron chi connectivity index (χ3n) is 3.97. The van der Waals surface area contributed by atoms with Crippen molar-refractivity contribution in [3.05, 3.63) is 51.9 Å². The Morgan fingerprint density at radius 2 is 1.93 bits per heavy atom. The van der Waals surface area contributed by atoms with Crippen LogP contribution in [-0.4, -0.2) is 38.2 Å². The van der Waals surface area contributed by atoms with Crippen molar-refractivity contribution in [3.63, 3.8) is 0 Å². The molecule has 0 saturated carbocycles. The molecule has 154 valence electrons. The number of carbonyl (C=O) groups excluding carboxylic acids is 3. The Kier molecular flexibility index (Phi) is 7.97. The lowest BCUT2D eigenvalue weighted by Gasteiger charge is -2.07. The summed E-state index contributed by atoms with van der Waals surface area (Å²) < 4.78 is 15.1.